The second-order valence-electron chi connectivity index (χ2n) is 4.00. The molecule has 0 spiro atoms. The van der Waals surface area contributed by atoms with Crippen LogP contribution < -0.4 is 5.73 Å². The summed E-state index contributed by atoms with van der Waals surface area (Å²) < 4.78 is 4.82. The number of aromatic nitrogens is 1. The van der Waals surface area contributed by atoms with Gasteiger partial charge in [-0.1, -0.05) is 24.3 Å². The molecule has 0 saturated carbocycles. The lowest BCUT2D eigenvalue weighted by Crippen LogP contribution is -2.19. The zero-order chi connectivity index (χ0) is 13.8. The highest BCUT2D eigenvalue weighted by atomic mass is 32.1. The number of carbonyl (C=O) groups excluding carboxylic acids is 1. The van der Waals surface area contributed by atoms with Crippen LogP contribution in [0.4, 0.5) is 4.79 Å². The van der Waals surface area contributed by atoms with E-state index in [2.05, 4.69) is 4.98 Å². The number of ether oxygens (including phenoxy) is 1. The number of thiazole rings is 1. The maximum Gasteiger partial charge on any atom is 0.405 e. The number of benzene rings is 1. The molecule has 1 aromatic carbocycles. The SMILES string of the molecule is Cc1ncsc1-c1ccc([C@H](CO)OC(N)=O)cc1. The molecule has 5 nitrogen and oxygen atoms in total. The summed E-state index contributed by atoms with van der Waals surface area (Å²) in [4.78, 5) is 16.0. The Kier molecular flexibility index (Phi) is 4.13. The first-order chi connectivity index (χ1) is 9.11. The van der Waals surface area contributed by atoms with Gasteiger partial charge >= 0.3 is 6.09 Å². The molecular formula is C13H14N2O3S. The summed E-state index contributed by atoms with van der Waals surface area (Å²) in [6, 6.07) is 7.42. The van der Waals surface area contributed by atoms with E-state index in [0.29, 0.717) is 5.56 Å². The van der Waals surface area contributed by atoms with Crippen LogP contribution in [0.1, 0.15) is 17.4 Å². The molecule has 0 saturated heterocycles. The molecule has 0 aliphatic heterocycles. The fourth-order valence-corrected chi connectivity index (χ4v) is 2.59. The van der Waals surface area contributed by atoms with Crippen LogP contribution in [0.3, 0.4) is 0 Å². The Bertz CT molecular complexity index is 566. The summed E-state index contributed by atoms with van der Waals surface area (Å²) in [7, 11) is 0. The van der Waals surface area contributed by atoms with Gasteiger partial charge < -0.3 is 15.6 Å². The Morgan fingerprint density at radius 1 is 1.47 bits per heavy atom. The minimum Gasteiger partial charge on any atom is -0.439 e. The largest absolute Gasteiger partial charge is 0.439 e. The van der Waals surface area contributed by atoms with Crippen LogP contribution in [0, 0.1) is 6.92 Å². The maximum absolute atomic E-state index is 10.7. The van der Waals surface area contributed by atoms with Crippen LogP contribution in [0.2, 0.25) is 0 Å². The van der Waals surface area contributed by atoms with E-state index in [1.54, 1.807) is 29.0 Å². The van der Waals surface area contributed by atoms with E-state index in [9.17, 15) is 9.90 Å². The van der Waals surface area contributed by atoms with Gasteiger partial charge in [-0.05, 0) is 18.1 Å². The third-order valence-corrected chi connectivity index (χ3v) is 3.69. The summed E-state index contributed by atoms with van der Waals surface area (Å²) in [6.07, 6.45) is -1.63. The molecule has 1 heterocycles. The highest BCUT2D eigenvalue weighted by molar-refractivity contribution is 7.13. The van der Waals surface area contributed by atoms with Crippen molar-refractivity contribution in [1.82, 2.24) is 4.98 Å². The van der Waals surface area contributed by atoms with Gasteiger partial charge in [-0.3, -0.25) is 0 Å². The lowest BCUT2D eigenvalue weighted by Gasteiger charge is -2.14. The normalized spacial score (nSPS) is 12.1. The van der Waals surface area contributed by atoms with Crippen LogP contribution >= 0.6 is 11.3 Å². The van der Waals surface area contributed by atoms with E-state index < -0.39 is 12.2 Å². The van der Waals surface area contributed by atoms with Gasteiger partial charge in [0.25, 0.3) is 0 Å². The van der Waals surface area contributed by atoms with E-state index in [4.69, 9.17) is 10.5 Å². The first-order valence-electron chi connectivity index (χ1n) is 5.69. The molecule has 0 aliphatic carbocycles. The predicted molar refractivity (Wildman–Crippen MR) is 72.8 cm³/mol. The number of hydrogen-bond acceptors (Lipinski definition) is 5. The number of carbonyl (C=O) groups is 1. The van der Waals surface area contributed by atoms with Crippen molar-refractivity contribution in [3.05, 3.63) is 41.0 Å². The Morgan fingerprint density at radius 3 is 2.63 bits per heavy atom. The van der Waals surface area contributed by atoms with Crippen molar-refractivity contribution in [1.29, 1.82) is 0 Å². The number of rotatable bonds is 4. The molecule has 3 N–H and O–H groups in total. The molecule has 100 valence electrons. The van der Waals surface area contributed by atoms with E-state index in [-0.39, 0.29) is 6.61 Å². The molecule has 0 bridgehead atoms. The second-order valence-corrected chi connectivity index (χ2v) is 4.85. The third-order valence-electron chi connectivity index (χ3n) is 2.71. The number of aryl methyl sites for hydroxylation is 1. The molecule has 2 rings (SSSR count). The highest BCUT2D eigenvalue weighted by Gasteiger charge is 2.14. The number of amides is 1. The van der Waals surface area contributed by atoms with Crippen molar-refractivity contribution >= 4 is 17.4 Å². The molecule has 0 aliphatic rings. The number of nitrogens with two attached hydrogens (primary N) is 1. The van der Waals surface area contributed by atoms with Gasteiger partial charge in [0.1, 0.15) is 0 Å². The summed E-state index contributed by atoms with van der Waals surface area (Å²) in [5, 5.41) is 9.19. The van der Waals surface area contributed by atoms with E-state index in [1.807, 2.05) is 19.1 Å². The van der Waals surface area contributed by atoms with Crippen molar-refractivity contribution < 1.29 is 14.6 Å². The quantitative estimate of drug-likeness (QED) is 0.898. The minimum atomic E-state index is -0.901. The summed E-state index contributed by atoms with van der Waals surface area (Å²) in [5.74, 6) is 0. The fraction of sp³-hybridized carbons (Fsp3) is 0.231. The number of hydrogen-bond donors (Lipinski definition) is 2. The van der Waals surface area contributed by atoms with Crippen molar-refractivity contribution in [2.45, 2.75) is 13.0 Å². The van der Waals surface area contributed by atoms with Gasteiger partial charge in [0.15, 0.2) is 6.10 Å². The number of primary amides is 1. The monoisotopic (exact) mass is 278 g/mol. The minimum absolute atomic E-state index is 0.304. The summed E-state index contributed by atoms with van der Waals surface area (Å²) in [5.41, 5.74) is 9.47. The zero-order valence-corrected chi connectivity index (χ0v) is 11.2. The van der Waals surface area contributed by atoms with Gasteiger partial charge in [0.05, 0.1) is 22.7 Å². The van der Waals surface area contributed by atoms with Gasteiger partial charge in [0, 0.05) is 0 Å². The third kappa shape index (κ3) is 3.10. The molecule has 2 aromatic rings. The molecule has 0 unspecified atom stereocenters. The van der Waals surface area contributed by atoms with E-state index in [1.165, 1.54) is 0 Å². The summed E-state index contributed by atoms with van der Waals surface area (Å²) >= 11 is 1.57. The predicted octanol–water partition coefficient (Wildman–Crippen LogP) is 2.25. The van der Waals surface area contributed by atoms with Crippen molar-refractivity contribution in [2.75, 3.05) is 6.61 Å². The Morgan fingerprint density at radius 2 is 2.16 bits per heavy atom. The summed E-state index contributed by atoms with van der Waals surface area (Å²) in [6.45, 7) is 1.65. The topological polar surface area (TPSA) is 85.4 Å². The van der Waals surface area contributed by atoms with Crippen LogP contribution in [0.25, 0.3) is 10.4 Å². The number of aliphatic hydroxyl groups is 1. The van der Waals surface area contributed by atoms with Crippen molar-refractivity contribution in [3.8, 4) is 10.4 Å². The van der Waals surface area contributed by atoms with Gasteiger partial charge in [-0.15, -0.1) is 11.3 Å². The smallest absolute Gasteiger partial charge is 0.405 e. The van der Waals surface area contributed by atoms with Gasteiger partial charge in [0.2, 0.25) is 0 Å². The average Bonchev–Trinajstić information content (AvgIpc) is 2.82. The van der Waals surface area contributed by atoms with E-state index in [0.717, 1.165) is 16.1 Å². The lowest BCUT2D eigenvalue weighted by molar-refractivity contribution is 0.0633. The van der Waals surface area contributed by atoms with Gasteiger partial charge in [-0.25, -0.2) is 9.78 Å². The fourth-order valence-electron chi connectivity index (χ4n) is 1.78. The molecule has 0 fully saturated rings. The standard InChI is InChI=1S/C13H14N2O3S/c1-8-12(19-7-15-8)10-4-2-9(3-5-10)11(6-16)18-13(14)17/h2-5,7,11,16H,6H2,1H3,(H2,14,17)/t11-/m0/s1. The molecule has 19 heavy (non-hydrogen) atoms. The number of nitrogens with zero attached hydrogens (tertiary/aromatic N) is 1. The Hall–Kier alpha value is -1.92. The Labute approximate surface area is 114 Å². The molecule has 0 radical (unpaired) electrons. The van der Waals surface area contributed by atoms with E-state index >= 15 is 0 Å². The maximum atomic E-state index is 10.7. The first-order valence-corrected chi connectivity index (χ1v) is 6.57. The van der Waals surface area contributed by atoms with Gasteiger partial charge in [-0.2, -0.15) is 0 Å². The van der Waals surface area contributed by atoms with Crippen molar-refractivity contribution in [3.63, 3.8) is 0 Å². The van der Waals surface area contributed by atoms with Crippen LogP contribution in [0.5, 0.6) is 0 Å². The lowest BCUT2D eigenvalue weighted by atomic mass is 10.1. The van der Waals surface area contributed by atoms with Crippen LogP contribution in [0.15, 0.2) is 29.8 Å². The average molecular weight is 278 g/mol. The highest BCUT2D eigenvalue weighted by Crippen LogP contribution is 2.28. The molecule has 1 amide bonds. The Balaban J connectivity index is 2.22. The second kappa shape index (κ2) is 5.81. The zero-order valence-electron chi connectivity index (χ0n) is 10.4. The molecule has 1 aromatic heterocycles. The van der Waals surface area contributed by atoms with Crippen molar-refractivity contribution in [2.24, 2.45) is 5.73 Å². The first kappa shape index (κ1) is 13.5. The molecule has 6 heteroatoms. The molecular weight excluding hydrogens is 264 g/mol. The number of aliphatic hydroxyl groups excluding tert-OH is 1. The van der Waals surface area contributed by atoms with Crippen LogP contribution in [-0.4, -0.2) is 22.8 Å². The van der Waals surface area contributed by atoms with Crippen LogP contribution in [-0.2, 0) is 4.74 Å². The molecule has 1 atom stereocenters.